The van der Waals surface area contributed by atoms with Crippen LogP contribution >= 0.6 is 0 Å². The van der Waals surface area contributed by atoms with Crippen molar-refractivity contribution < 1.29 is 13.2 Å². The Kier molecular flexibility index (Phi) is 4.01. The molecule has 0 spiro atoms. The van der Waals surface area contributed by atoms with Gasteiger partial charge in [0, 0.05) is 26.2 Å². The molecule has 1 saturated heterocycles. The lowest BCUT2D eigenvalue weighted by Crippen LogP contribution is -2.32. The molecule has 0 amide bonds. The van der Waals surface area contributed by atoms with E-state index < -0.39 is 10.0 Å². The molecular formula is C12H18N2O3S. The Morgan fingerprint density at radius 1 is 1.50 bits per heavy atom. The minimum absolute atomic E-state index is 0.0538. The highest BCUT2D eigenvalue weighted by molar-refractivity contribution is 7.89. The summed E-state index contributed by atoms with van der Waals surface area (Å²) in [7, 11) is -1.83. The Morgan fingerprint density at radius 3 is 2.89 bits per heavy atom. The molecule has 1 aromatic rings. The van der Waals surface area contributed by atoms with Gasteiger partial charge in [-0.15, -0.1) is 0 Å². The highest BCUT2D eigenvalue weighted by atomic mass is 32.2. The van der Waals surface area contributed by atoms with E-state index in [1.165, 1.54) is 4.31 Å². The molecule has 2 N–H and O–H groups in total. The Labute approximate surface area is 108 Å². The highest BCUT2D eigenvalue weighted by Gasteiger charge is 2.30. The summed E-state index contributed by atoms with van der Waals surface area (Å²) in [6.07, 6.45) is 0.719. The zero-order valence-corrected chi connectivity index (χ0v) is 11.2. The summed E-state index contributed by atoms with van der Waals surface area (Å²) in [5.74, 6) is 0. The van der Waals surface area contributed by atoms with Gasteiger partial charge in [-0.05, 0) is 24.1 Å². The maximum Gasteiger partial charge on any atom is 0.243 e. The van der Waals surface area contributed by atoms with Crippen molar-refractivity contribution in [3.8, 4) is 0 Å². The molecule has 0 saturated carbocycles. The van der Waals surface area contributed by atoms with Crippen molar-refractivity contribution in [1.82, 2.24) is 4.31 Å². The van der Waals surface area contributed by atoms with Gasteiger partial charge in [-0.2, -0.15) is 4.31 Å². The minimum atomic E-state index is -3.41. The van der Waals surface area contributed by atoms with Crippen LogP contribution in [0.25, 0.3) is 0 Å². The molecule has 1 aliphatic heterocycles. The predicted octanol–water partition coefficient (Wildman–Crippen LogP) is 0.555. The predicted molar refractivity (Wildman–Crippen MR) is 68.5 cm³/mol. The Morgan fingerprint density at radius 2 is 2.28 bits per heavy atom. The molecule has 0 aliphatic carbocycles. The van der Waals surface area contributed by atoms with Crippen molar-refractivity contribution >= 4 is 10.0 Å². The normalized spacial score (nSPS) is 21.3. The minimum Gasteiger partial charge on any atom is -0.380 e. The summed E-state index contributed by atoms with van der Waals surface area (Å²) in [5.41, 5.74) is 6.60. The van der Waals surface area contributed by atoms with E-state index in [-0.39, 0.29) is 6.04 Å². The van der Waals surface area contributed by atoms with Crippen LogP contribution in [0.15, 0.2) is 29.2 Å². The number of benzene rings is 1. The molecule has 6 heteroatoms. The number of hydrogen-bond donors (Lipinski definition) is 1. The van der Waals surface area contributed by atoms with E-state index in [4.69, 9.17) is 10.5 Å². The molecule has 18 heavy (non-hydrogen) atoms. The first-order valence-electron chi connectivity index (χ1n) is 5.87. The van der Waals surface area contributed by atoms with E-state index in [0.717, 1.165) is 12.0 Å². The number of methoxy groups -OCH3 is 1. The fourth-order valence-corrected chi connectivity index (χ4v) is 3.67. The molecule has 5 nitrogen and oxygen atoms in total. The van der Waals surface area contributed by atoms with Crippen molar-refractivity contribution in [3.05, 3.63) is 29.8 Å². The first-order valence-corrected chi connectivity index (χ1v) is 7.31. The van der Waals surface area contributed by atoms with Crippen LogP contribution in [0.3, 0.4) is 0 Å². The van der Waals surface area contributed by atoms with Gasteiger partial charge in [-0.3, -0.25) is 0 Å². The topological polar surface area (TPSA) is 72.6 Å². The number of hydrogen-bond acceptors (Lipinski definition) is 4. The smallest absolute Gasteiger partial charge is 0.243 e. The number of sulfonamides is 1. The monoisotopic (exact) mass is 270 g/mol. The van der Waals surface area contributed by atoms with Crippen LogP contribution in [0.5, 0.6) is 0 Å². The molecule has 1 aromatic carbocycles. The van der Waals surface area contributed by atoms with Gasteiger partial charge in [0.2, 0.25) is 10.0 Å². The summed E-state index contributed by atoms with van der Waals surface area (Å²) in [4.78, 5) is 0.311. The van der Waals surface area contributed by atoms with Crippen molar-refractivity contribution in [3.63, 3.8) is 0 Å². The molecule has 1 atom stereocenters. The van der Waals surface area contributed by atoms with Gasteiger partial charge >= 0.3 is 0 Å². The summed E-state index contributed by atoms with van der Waals surface area (Å²) in [5, 5.41) is 0. The van der Waals surface area contributed by atoms with Crippen LogP contribution in [0.4, 0.5) is 0 Å². The SMILES string of the molecule is COCc1cccc(S(=O)(=O)N2CC[C@@H](N)C2)c1. The van der Waals surface area contributed by atoms with Crippen LogP contribution in [0.2, 0.25) is 0 Å². The first kappa shape index (κ1) is 13.5. The largest absolute Gasteiger partial charge is 0.380 e. The first-order chi connectivity index (χ1) is 8.54. The lowest BCUT2D eigenvalue weighted by atomic mass is 10.2. The molecule has 0 radical (unpaired) electrons. The standard InChI is InChI=1S/C12H18N2O3S/c1-17-9-10-3-2-4-12(7-10)18(15,16)14-6-5-11(13)8-14/h2-4,7,11H,5-6,8-9,13H2,1H3/t11-/m1/s1. The Balaban J connectivity index is 2.26. The van der Waals surface area contributed by atoms with Gasteiger partial charge < -0.3 is 10.5 Å². The quantitative estimate of drug-likeness (QED) is 0.867. The second kappa shape index (κ2) is 5.36. The average molecular weight is 270 g/mol. The molecule has 2 rings (SSSR count). The van der Waals surface area contributed by atoms with Gasteiger partial charge in [0.1, 0.15) is 0 Å². The summed E-state index contributed by atoms with van der Waals surface area (Å²) in [6.45, 7) is 1.30. The van der Waals surface area contributed by atoms with Crippen molar-refractivity contribution in [2.75, 3.05) is 20.2 Å². The molecule has 1 heterocycles. The lowest BCUT2D eigenvalue weighted by Gasteiger charge is -2.16. The third-order valence-corrected chi connectivity index (χ3v) is 4.90. The molecule has 1 fully saturated rings. The number of ether oxygens (including phenoxy) is 1. The van der Waals surface area contributed by atoms with Crippen molar-refractivity contribution in [1.29, 1.82) is 0 Å². The van der Waals surface area contributed by atoms with Crippen LogP contribution in [-0.4, -0.2) is 39.0 Å². The van der Waals surface area contributed by atoms with E-state index in [1.54, 1.807) is 25.3 Å². The average Bonchev–Trinajstić information content (AvgIpc) is 2.77. The second-order valence-electron chi connectivity index (χ2n) is 4.49. The van der Waals surface area contributed by atoms with E-state index in [0.29, 0.717) is 24.6 Å². The second-order valence-corrected chi connectivity index (χ2v) is 6.43. The molecule has 0 bridgehead atoms. The van der Waals surface area contributed by atoms with Gasteiger partial charge in [0.25, 0.3) is 0 Å². The van der Waals surface area contributed by atoms with Gasteiger partial charge in [0.05, 0.1) is 11.5 Å². The lowest BCUT2D eigenvalue weighted by molar-refractivity contribution is 0.184. The van der Waals surface area contributed by atoms with E-state index >= 15 is 0 Å². The van der Waals surface area contributed by atoms with Gasteiger partial charge in [0.15, 0.2) is 0 Å². The number of nitrogens with two attached hydrogens (primary N) is 1. The van der Waals surface area contributed by atoms with E-state index in [1.807, 2.05) is 6.07 Å². The van der Waals surface area contributed by atoms with Crippen molar-refractivity contribution in [2.24, 2.45) is 5.73 Å². The zero-order chi connectivity index (χ0) is 13.2. The van der Waals surface area contributed by atoms with Crippen LogP contribution in [-0.2, 0) is 21.4 Å². The third-order valence-electron chi connectivity index (χ3n) is 3.03. The fourth-order valence-electron chi connectivity index (χ4n) is 2.08. The molecule has 100 valence electrons. The maximum atomic E-state index is 12.4. The van der Waals surface area contributed by atoms with Crippen molar-refractivity contribution in [2.45, 2.75) is 24.0 Å². The Bertz CT molecular complexity index is 516. The third kappa shape index (κ3) is 2.72. The maximum absolute atomic E-state index is 12.4. The number of rotatable bonds is 4. The van der Waals surface area contributed by atoms with E-state index in [2.05, 4.69) is 0 Å². The highest BCUT2D eigenvalue weighted by Crippen LogP contribution is 2.21. The Hall–Kier alpha value is -0.950. The zero-order valence-electron chi connectivity index (χ0n) is 10.4. The molecular weight excluding hydrogens is 252 g/mol. The molecule has 0 aromatic heterocycles. The summed E-state index contributed by atoms with van der Waals surface area (Å²) in [6, 6.07) is 6.79. The van der Waals surface area contributed by atoms with Crippen LogP contribution < -0.4 is 5.73 Å². The van der Waals surface area contributed by atoms with Gasteiger partial charge in [-0.25, -0.2) is 8.42 Å². The van der Waals surface area contributed by atoms with Crippen LogP contribution in [0.1, 0.15) is 12.0 Å². The fraction of sp³-hybridized carbons (Fsp3) is 0.500. The molecule has 0 unspecified atom stereocenters. The summed E-state index contributed by atoms with van der Waals surface area (Å²) >= 11 is 0. The van der Waals surface area contributed by atoms with Gasteiger partial charge in [-0.1, -0.05) is 12.1 Å². The summed E-state index contributed by atoms with van der Waals surface area (Å²) < 4.78 is 31.2. The number of nitrogens with zero attached hydrogens (tertiary/aromatic N) is 1. The molecule has 1 aliphatic rings. The van der Waals surface area contributed by atoms with E-state index in [9.17, 15) is 8.42 Å². The van der Waals surface area contributed by atoms with Crippen LogP contribution in [0, 0.1) is 0 Å².